The maximum absolute atomic E-state index is 13.5. The Hall–Kier alpha value is -1.95. The van der Waals surface area contributed by atoms with Gasteiger partial charge in [0, 0.05) is 17.6 Å². The molecule has 0 saturated heterocycles. The summed E-state index contributed by atoms with van der Waals surface area (Å²) < 4.78 is 13.5. The van der Waals surface area contributed by atoms with E-state index in [1.807, 2.05) is 26.1 Å². The van der Waals surface area contributed by atoms with E-state index in [1.165, 1.54) is 6.07 Å². The Labute approximate surface area is 134 Å². The molecule has 1 heterocycles. The first-order valence-electron chi connectivity index (χ1n) is 7.27. The molecule has 4 nitrogen and oxygen atoms in total. The molecule has 0 saturated carbocycles. The lowest BCUT2D eigenvalue weighted by molar-refractivity contribution is 0.616. The SMILES string of the molecule is CCNC(=NCc1ccc(C)c(F)c1)NCc1cnc(C)s1. The number of rotatable bonds is 5. The minimum Gasteiger partial charge on any atom is -0.357 e. The highest BCUT2D eigenvalue weighted by Gasteiger charge is 2.02. The van der Waals surface area contributed by atoms with E-state index in [0.29, 0.717) is 18.7 Å². The second-order valence-corrected chi connectivity index (χ2v) is 6.30. The standard InChI is InChI=1S/C16H21FN4S/c1-4-18-16(21-10-14-9-19-12(3)22-14)20-8-13-6-5-11(2)15(17)7-13/h5-7,9H,4,8,10H2,1-3H3,(H2,18,20,21). The van der Waals surface area contributed by atoms with Crippen LogP contribution in [0.2, 0.25) is 0 Å². The zero-order valence-corrected chi connectivity index (χ0v) is 13.9. The van der Waals surface area contributed by atoms with E-state index in [9.17, 15) is 4.39 Å². The van der Waals surface area contributed by atoms with E-state index < -0.39 is 0 Å². The van der Waals surface area contributed by atoms with Crippen LogP contribution in [0.25, 0.3) is 0 Å². The number of halogens is 1. The van der Waals surface area contributed by atoms with Crippen molar-refractivity contribution < 1.29 is 4.39 Å². The molecule has 0 fully saturated rings. The minimum atomic E-state index is -0.189. The van der Waals surface area contributed by atoms with Crippen molar-refractivity contribution in [1.82, 2.24) is 15.6 Å². The molecule has 2 rings (SSSR count). The topological polar surface area (TPSA) is 49.3 Å². The highest BCUT2D eigenvalue weighted by atomic mass is 32.1. The van der Waals surface area contributed by atoms with Gasteiger partial charge in [0.25, 0.3) is 0 Å². The van der Waals surface area contributed by atoms with Gasteiger partial charge in [-0.3, -0.25) is 0 Å². The third-order valence-corrected chi connectivity index (χ3v) is 4.01. The van der Waals surface area contributed by atoms with Crippen LogP contribution in [0.4, 0.5) is 4.39 Å². The zero-order valence-electron chi connectivity index (χ0n) is 13.1. The summed E-state index contributed by atoms with van der Waals surface area (Å²) in [6, 6.07) is 5.22. The monoisotopic (exact) mass is 320 g/mol. The van der Waals surface area contributed by atoms with Gasteiger partial charge in [-0.05, 0) is 38.0 Å². The number of nitrogens with zero attached hydrogens (tertiary/aromatic N) is 2. The summed E-state index contributed by atoms with van der Waals surface area (Å²) in [4.78, 5) is 9.87. The van der Waals surface area contributed by atoms with E-state index in [0.717, 1.165) is 28.0 Å². The molecule has 0 bridgehead atoms. The summed E-state index contributed by atoms with van der Waals surface area (Å²) in [5, 5.41) is 7.50. The number of nitrogens with one attached hydrogen (secondary N) is 2. The maximum atomic E-state index is 13.5. The Bertz CT molecular complexity index is 651. The van der Waals surface area contributed by atoms with Gasteiger partial charge in [-0.25, -0.2) is 14.4 Å². The average molecular weight is 320 g/mol. The number of hydrogen-bond donors (Lipinski definition) is 2. The number of aromatic nitrogens is 1. The predicted octanol–water partition coefficient (Wildman–Crippen LogP) is 3.15. The van der Waals surface area contributed by atoms with Crippen LogP contribution in [0.15, 0.2) is 29.4 Å². The van der Waals surface area contributed by atoms with E-state index in [1.54, 1.807) is 24.3 Å². The third-order valence-electron chi connectivity index (χ3n) is 3.10. The molecule has 0 radical (unpaired) electrons. The molecule has 0 spiro atoms. The number of hydrogen-bond acceptors (Lipinski definition) is 3. The summed E-state index contributed by atoms with van der Waals surface area (Å²) in [5.74, 6) is 0.528. The second kappa shape index (κ2) is 7.89. The molecule has 1 aromatic heterocycles. The molecule has 0 unspecified atom stereocenters. The molecule has 22 heavy (non-hydrogen) atoms. The molecule has 0 atom stereocenters. The van der Waals surface area contributed by atoms with Gasteiger partial charge in [0.05, 0.1) is 18.1 Å². The average Bonchev–Trinajstić information content (AvgIpc) is 2.91. The summed E-state index contributed by atoms with van der Waals surface area (Å²) in [6.07, 6.45) is 1.87. The van der Waals surface area contributed by atoms with Gasteiger partial charge in [-0.2, -0.15) is 0 Å². The summed E-state index contributed by atoms with van der Waals surface area (Å²) in [5.41, 5.74) is 1.51. The van der Waals surface area contributed by atoms with E-state index >= 15 is 0 Å². The van der Waals surface area contributed by atoms with Crippen LogP contribution in [0.5, 0.6) is 0 Å². The van der Waals surface area contributed by atoms with Gasteiger partial charge in [0.2, 0.25) is 0 Å². The number of benzene rings is 1. The van der Waals surface area contributed by atoms with Crippen LogP contribution in [-0.2, 0) is 13.1 Å². The van der Waals surface area contributed by atoms with Gasteiger partial charge >= 0.3 is 0 Å². The van der Waals surface area contributed by atoms with Crippen LogP contribution in [0, 0.1) is 19.7 Å². The molecule has 0 aliphatic rings. The normalized spacial score (nSPS) is 11.5. The highest BCUT2D eigenvalue weighted by molar-refractivity contribution is 7.11. The largest absolute Gasteiger partial charge is 0.357 e. The van der Waals surface area contributed by atoms with Crippen LogP contribution in [-0.4, -0.2) is 17.5 Å². The van der Waals surface area contributed by atoms with Crippen molar-refractivity contribution in [3.63, 3.8) is 0 Å². The Morgan fingerprint density at radius 1 is 1.32 bits per heavy atom. The first-order valence-corrected chi connectivity index (χ1v) is 8.08. The van der Waals surface area contributed by atoms with Gasteiger partial charge in [0.1, 0.15) is 5.82 Å². The highest BCUT2D eigenvalue weighted by Crippen LogP contribution is 2.11. The first-order chi connectivity index (χ1) is 10.6. The lowest BCUT2D eigenvalue weighted by Gasteiger charge is -2.10. The van der Waals surface area contributed by atoms with E-state index in [-0.39, 0.29) is 5.82 Å². The van der Waals surface area contributed by atoms with Crippen molar-refractivity contribution in [1.29, 1.82) is 0 Å². The van der Waals surface area contributed by atoms with Gasteiger partial charge in [0.15, 0.2) is 5.96 Å². The number of aliphatic imine (C=N–C) groups is 1. The van der Waals surface area contributed by atoms with Crippen molar-refractivity contribution >= 4 is 17.3 Å². The zero-order chi connectivity index (χ0) is 15.9. The second-order valence-electron chi connectivity index (χ2n) is 4.98. The van der Waals surface area contributed by atoms with Crippen LogP contribution in [0.1, 0.15) is 27.9 Å². The molecule has 2 aromatic rings. The van der Waals surface area contributed by atoms with E-state index in [2.05, 4.69) is 20.6 Å². The number of aryl methyl sites for hydroxylation is 2. The van der Waals surface area contributed by atoms with E-state index in [4.69, 9.17) is 0 Å². The van der Waals surface area contributed by atoms with Gasteiger partial charge < -0.3 is 10.6 Å². The third kappa shape index (κ3) is 4.80. The Morgan fingerprint density at radius 3 is 2.77 bits per heavy atom. The van der Waals surface area contributed by atoms with Gasteiger partial charge in [-0.15, -0.1) is 11.3 Å². The van der Waals surface area contributed by atoms with Crippen molar-refractivity contribution in [2.75, 3.05) is 6.54 Å². The van der Waals surface area contributed by atoms with Crippen LogP contribution >= 0.6 is 11.3 Å². The van der Waals surface area contributed by atoms with Gasteiger partial charge in [-0.1, -0.05) is 12.1 Å². The number of thiazole rings is 1. The van der Waals surface area contributed by atoms with Crippen LogP contribution in [0.3, 0.4) is 0 Å². The van der Waals surface area contributed by atoms with Crippen LogP contribution < -0.4 is 10.6 Å². The number of guanidine groups is 1. The molecule has 6 heteroatoms. The fourth-order valence-electron chi connectivity index (χ4n) is 1.90. The van der Waals surface area contributed by atoms with Crippen molar-refractivity contribution in [2.45, 2.75) is 33.9 Å². The lowest BCUT2D eigenvalue weighted by Crippen LogP contribution is -2.36. The predicted molar refractivity (Wildman–Crippen MR) is 89.6 cm³/mol. The summed E-state index contributed by atoms with van der Waals surface area (Å²) in [6.45, 7) is 7.65. The molecule has 0 aliphatic carbocycles. The smallest absolute Gasteiger partial charge is 0.191 e. The molecular weight excluding hydrogens is 299 g/mol. The Morgan fingerprint density at radius 2 is 2.14 bits per heavy atom. The summed E-state index contributed by atoms with van der Waals surface area (Å²) in [7, 11) is 0. The molecule has 0 amide bonds. The Kier molecular flexibility index (Phi) is 5.89. The fourth-order valence-corrected chi connectivity index (χ4v) is 2.64. The quantitative estimate of drug-likeness (QED) is 0.657. The molecular formula is C16H21FN4S. The fraction of sp³-hybridized carbons (Fsp3) is 0.375. The van der Waals surface area contributed by atoms with Crippen molar-refractivity contribution in [3.8, 4) is 0 Å². The summed E-state index contributed by atoms with van der Waals surface area (Å²) >= 11 is 1.66. The molecule has 2 N–H and O–H groups in total. The maximum Gasteiger partial charge on any atom is 0.191 e. The van der Waals surface area contributed by atoms with Crippen molar-refractivity contribution in [3.05, 3.63) is 51.2 Å². The molecule has 0 aliphatic heterocycles. The van der Waals surface area contributed by atoms with Crippen molar-refractivity contribution in [2.24, 2.45) is 4.99 Å². The lowest BCUT2D eigenvalue weighted by atomic mass is 10.1. The first kappa shape index (κ1) is 16.4. The molecule has 118 valence electrons. The Balaban J connectivity index is 1.98. The molecule has 1 aromatic carbocycles. The minimum absolute atomic E-state index is 0.189.